The van der Waals surface area contributed by atoms with E-state index in [-0.39, 0.29) is 0 Å². The minimum atomic E-state index is 0.521. The van der Waals surface area contributed by atoms with Crippen molar-refractivity contribution >= 4 is 5.96 Å². The molecule has 0 amide bonds. The summed E-state index contributed by atoms with van der Waals surface area (Å²) >= 11 is 0. The Morgan fingerprint density at radius 1 is 1.39 bits per heavy atom. The van der Waals surface area contributed by atoms with Crippen molar-refractivity contribution < 1.29 is 4.74 Å². The lowest BCUT2D eigenvalue weighted by molar-refractivity contribution is 0.0767. The standard InChI is InChI=1S/C14H23N3O/c1-3-7-16-14(15-4-2)17-8-10-11(9-17)13-6-5-12(10)18-13/h3,10-13H,1,4-9H2,2H3,(H,15,16). The summed E-state index contributed by atoms with van der Waals surface area (Å²) in [4.78, 5) is 7.00. The summed E-state index contributed by atoms with van der Waals surface area (Å²) in [6.07, 6.45) is 5.42. The van der Waals surface area contributed by atoms with Gasteiger partial charge in [-0.2, -0.15) is 0 Å². The Labute approximate surface area is 109 Å². The third kappa shape index (κ3) is 1.92. The molecule has 3 saturated heterocycles. The number of nitrogens with zero attached hydrogens (tertiary/aromatic N) is 2. The monoisotopic (exact) mass is 249 g/mol. The van der Waals surface area contributed by atoms with E-state index in [4.69, 9.17) is 4.74 Å². The molecule has 2 bridgehead atoms. The second-order valence-corrected chi connectivity index (χ2v) is 5.51. The molecule has 4 unspecified atom stereocenters. The van der Waals surface area contributed by atoms with Crippen LogP contribution in [0.25, 0.3) is 0 Å². The minimum Gasteiger partial charge on any atom is -0.374 e. The molecule has 0 aromatic rings. The van der Waals surface area contributed by atoms with Crippen LogP contribution in [0.2, 0.25) is 0 Å². The van der Waals surface area contributed by atoms with Crippen molar-refractivity contribution in [1.82, 2.24) is 10.2 Å². The van der Waals surface area contributed by atoms with Gasteiger partial charge in [0.15, 0.2) is 5.96 Å². The number of likely N-dealkylation sites (tertiary alicyclic amines) is 1. The molecular weight excluding hydrogens is 226 g/mol. The van der Waals surface area contributed by atoms with Crippen LogP contribution in [0.1, 0.15) is 19.8 Å². The van der Waals surface area contributed by atoms with Crippen molar-refractivity contribution in [3.63, 3.8) is 0 Å². The summed E-state index contributed by atoms with van der Waals surface area (Å²) in [5, 5.41) is 3.39. The van der Waals surface area contributed by atoms with Crippen molar-refractivity contribution in [3.05, 3.63) is 12.7 Å². The Morgan fingerprint density at radius 2 is 2.06 bits per heavy atom. The first kappa shape index (κ1) is 12.0. The molecule has 4 atom stereocenters. The van der Waals surface area contributed by atoms with Crippen LogP contribution in [-0.2, 0) is 4.74 Å². The highest BCUT2D eigenvalue weighted by molar-refractivity contribution is 5.80. The van der Waals surface area contributed by atoms with Crippen LogP contribution in [0.4, 0.5) is 0 Å². The lowest BCUT2D eigenvalue weighted by Gasteiger charge is -2.23. The predicted molar refractivity (Wildman–Crippen MR) is 72.6 cm³/mol. The van der Waals surface area contributed by atoms with Crippen molar-refractivity contribution in [2.75, 3.05) is 26.2 Å². The van der Waals surface area contributed by atoms with Crippen molar-refractivity contribution in [2.24, 2.45) is 16.8 Å². The molecule has 0 aromatic carbocycles. The molecule has 3 aliphatic rings. The topological polar surface area (TPSA) is 36.9 Å². The zero-order valence-corrected chi connectivity index (χ0v) is 11.1. The van der Waals surface area contributed by atoms with Crippen molar-refractivity contribution in [2.45, 2.75) is 32.0 Å². The largest absolute Gasteiger partial charge is 0.374 e. The van der Waals surface area contributed by atoms with Crippen LogP contribution in [-0.4, -0.2) is 49.2 Å². The molecule has 3 heterocycles. The Hall–Kier alpha value is -1.03. The highest BCUT2D eigenvalue weighted by Gasteiger charge is 2.53. The Morgan fingerprint density at radius 3 is 2.61 bits per heavy atom. The Bertz CT molecular complexity index is 337. The molecule has 0 aromatic heterocycles. The van der Waals surface area contributed by atoms with Gasteiger partial charge in [-0.1, -0.05) is 6.08 Å². The summed E-state index contributed by atoms with van der Waals surface area (Å²) in [6.45, 7) is 9.68. The van der Waals surface area contributed by atoms with Gasteiger partial charge in [-0.25, -0.2) is 4.99 Å². The lowest BCUT2D eigenvalue weighted by Crippen LogP contribution is -2.41. The number of hydrogen-bond donors (Lipinski definition) is 1. The number of hydrogen-bond acceptors (Lipinski definition) is 2. The molecular formula is C14H23N3O. The van der Waals surface area contributed by atoms with Gasteiger partial charge >= 0.3 is 0 Å². The normalized spacial score (nSPS) is 38.1. The van der Waals surface area contributed by atoms with Crippen molar-refractivity contribution in [3.8, 4) is 0 Å². The summed E-state index contributed by atoms with van der Waals surface area (Å²) in [6, 6.07) is 0. The third-order valence-corrected chi connectivity index (χ3v) is 4.46. The van der Waals surface area contributed by atoms with Gasteiger partial charge in [-0.3, -0.25) is 0 Å². The third-order valence-electron chi connectivity index (χ3n) is 4.46. The molecule has 1 N–H and O–H groups in total. The summed E-state index contributed by atoms with van der Waals surface area (Å²) in [7, 11) is 0. The van der Waals surface area contributed by atoms with Gasteiger partial charge < -0.3 is 15.0 Å². The molecule has 0 saturated carbocycles. The second-order valence-electron chi connectivity index (χ2n) is 5.51. The average molecular weight is 249 g/mol. The van der Waals surface area contributed by atoms with E-state index < -0.39 is 0 Å². The van der Waals surface area contributed by atoms with E-state index in [1.807, 2.05) is 6.08 Å². The Kier molecular flexibility index (Phi) is 3.29. The van der Waals surface area contributed by atoms with E-state index in [1.54, 1.807) is 0 Å². The van der Waals surface area contributed by atoms with E-state index in [0.717, 1.165) is 37.4 Å². The van der Waals surface area contributed by atoms with Crippen LogP contribution in [0.5, 0.6) is 0 Å². The molecule has 3 rings (SSSR count). The zero-order chi connectivity index (χ0) is 12.5. The van der Waals surface area contributed by atoms with Gasteiger partial charge in [0.05, 0.1) is 18.8 Å². The number of rotatable bonds is 3. The number of fused-ring (bicyclic) bond motifs is 5. The smallest absolute Gasteiger partial charge is 0.194 e. The SMILES string of the molecule is C=CCN=C(NCC)N1CC2C3CCC(O3)C2C1. The summed E-state index contributed by atoms with van der Waals surface area (Å²) in [5.74, 6) is 2.51. The quantitative estimate of drug-likeness (QED) is 0.464. The molecule has 4 nitrogen and oxygen atoms in total. The molecule has 3 aliphatic heterocycles. The van der Waals surface area contributed by atoms with Crippen LogP contribution in [0.3, 0.4) is 0 Å². The summed E-state index contributed by atoms with van der Waals surface area (Å²) in [5.41, 5.74) is 0. The van der Waals surface area contributed by atoms with E-state index in [0.29, 0.717) is 18.8 Å². The maximum Gasteiger partial charge on any atom is 0.194 e. The molecule has 100 valence electrons. The van der Waals surface area contributed by atoms with Crippen LogP contribution in [0.15, 0.2) is 17.6 Å². The average Bonchev–Trinajstić information content (AvgIpc) is 3.04. The maximum atomic E-state index is 6.01. The van der Waals surface area contributed by atoms with E-state index in [9.17, 15) is 0 Å². The zero-order valence-electron chi connectivity index (χ0n) is 11.1. The van der Waals surface area contributed by atoms with Crippen LogP contribution in [0, 0.1) is 11.8 Å². The van der Waals surface area contributed by atoms with Gasteiger partial charge in [0.1, 0.15) is 0 Å². The molecule has 0 radical (unpaired) electrons. The first-order chi connectivity index (χ1) is 8.83. The van der Waals surface area contributed by atoms with Gasteiger partial charge in [0.2, 0.25) is 0 Å². The van der Waals surface area contributed by atoms with Gasteiger partial charge in [0.25, 0.3) is 0 Å². The fourth-order valence-corrected chi connectivity index (χ4v) is 3.71. The molecule has 4 heteroatoms. The molecule has 0 spiro atoms. The van der Waals surface area contributed by atoms with Gasteiger partial charge in [-0.15, -0.1) is 6.58 Å². The molecule has 0 aliphatic carbocycles. The number of nitrogens with one attached hydrogen (secondary N) is 1. The highest BCUT2D eigenvalue weighted by atomic mass is 16.5. The number of guanidine groups is 1. The maximum absolute atomic E-state index is 6.01. The fourth-order valence-electron chi connectivity index (χ4n) is 3.71. The van der Waals surface area contributed by atoms with Gasteiger partial charge in [-0.05, 0) is 19.8 Å². The Balaban J connectivity index is 1.68. The van der Waals surface area contributed by atoms with E-state index >= 15 is 0 Å². The number of aliphatic imine (C=N–C) groups is 1. The minimum absolute atomic E-state index is 0.521. The summed E-state index contributed by atoms with van der Waals surface area (Å²) < 4.78 is 6.01. The van der Waals surface area contributed by atoms with Crippen LogP contribution < -0.4 is 5.32 Å². The number of ether oxygens (including phenoxy) is 1. The first-order valence-electron chi connectivity index (χ1n) is 7.13. The van der Waals surface area contributed by atoms with Gasteiger partial charge in [0, 0.05) is 31.5 Å². The molecule has 18 heavy (non-hydrogen) atoms. The van der Waals surface area contributed by atoms with Crippen molar-refractivity contribution in [1.29, 1.82) is 0 Å². The fraction of sp³-hybridized carbons (Fsp3) is 0.786. The molecule has 3 fully saturated rings. The van der Waals surface area contributed by atoms with E-state index in [2.05, 4.69) is 28.7 Å². The second kappa shape index (κ2) is 4.92. The first-order valence-corrected chi connectivity index (χ1v) is 7.13. The predicted octanol–water partition coefficient (Wildman–Crippen LogP) is 1.25. The van der Waals surface area contributed by atoms with E-state index in [1.165, 1.54) is 12.8 Å². The lowest BCUT2D eigenvalue weighted by atomic mass is 9.82. The van der Waals surface area contributed by atoms with Crippen LogP contribution >= 0.6 is 0 Å². The highest BCUT2D eigenvalue weighted by Crippen LogP contribution is 2.47.